The third kappa shape index (κ3) is 3.87. The zero-order chi connectivity index (χ0) is 19.4. The van der Waals surface area contributed by atoms with E-state index in [0.29, 0.717) is 0 Å². The average Bonchev–Trinajstić information content (AvgIpc) is 2.74. The van der Waals surface area contributed by atoms with Crippen LogP contribution in [0.2, 0.25) is 0 Å². The van der Waals surface area contributed by atoms with Crippen molar-refractivity contribution in [3.63, 3.8) is 0 Å². The predicted molar refractivity (Wildman–Crippen MR) is 114 cm³/mol. The predicted octanol–water partition coefficient (Wildman–Crippen LogP) is 5.08. The Balaban J connectivity index is 1.63. The summed E-state index contributed by atoms with van der Waals surface area (Å²) in [7, 11) is 1.74. The number of piperidine rings is 1. The van der Waals surface area contributed by atoms with E-state index in [1.54, 1.807) is 7.11 Å². The monoisotopic (exact) mass is 377 g/mol. The molecule has 4 rings (SSSR count). The summed E-state index contributed by atoms with van der Waals surface area (Å²) < 4.78 is 5.71. The summed E-state index contributed by atoms with van der Waals surface area (Å²) in [6.07, 6.45) is 9.66. The van der Waals surface area contributed by atoms with E-state index in [-0.39, 0.29) is 12.0 Å². The number of hydrogen-bond acceptors (Lipinski definition) is 3. The van der Waals surface area contributed by atoms with E-state index in [2.05, 4.69) is 53.5 Å². The zero-order valence-electron chi connectivity index (χ0n) is 16.8. The molecule has 2 fully saturated rings. The van der Waals surface area contributed by atoms with Crippen LogP contribution < -0.4 is 4.74 Å². The highest BCUT2D eigenvalue weighted by Crippen LogP contribution is 2.50. The van der Waals surface area contributed by atoms with Gasteiger partial charge in [-0.1, -0.05) is 73.5 Å². The fraction of sp³-hybridized carbons (Fsp3) is 0.440. The lowest BCUT2D eigenvalue weighted by Crippen LogP contribution is -2.54. The van der Waals surface area contributed by atoms with E-state index in [4.69, 9.17) is 4.74 Å². The number of benzene rings is 2. The summed E-state index contributed by atoms with van der Waals surface area (Å²) in [6.45, 7) is 1.79. The second-order valence-corrected chi connectivity index (χ2v) is 8.20. The first-order valence-electron chi connectivity index (χ1n) is 10.5. The van der Waals surface area contributed by atoms with Gasteiger partial charge in [-0.15, -0.1) is 0 Å². The Morgan fingerprint density at radius 3 is 2.68 bits per heavy atom. The molecule has 3 heteroatoms. The fourth-order valence-corrected chi connectivity index (χ4v) is 5.16. The Labute approximate surface area is 168 Å². The van der Waals surface area contributed by atoms with Crippen LogP contribution in [0.25, 0.3) is 6.08 Å². The van der Waals surface area contributed by atoms with Crippen LogP contribution in [0.1, 0.15) is 49.3 Å². The highest BCUT2D eigenvalue weighted by atomic mass is 16.5. The van der Waals surface area contributed by atoms with Gasteiger partial charge in [0.1, 0.15) is 5.75 Å². The molecule has 1 heterocycles. The molecule has 3 atom stereocenters. The molecule has 0 spiro atoms. The van der Waals surface area contributed by atoms with E-state index in [9.17, 15) is 5.11 Å². The summed E-state index contributed by atoms with van der Waals surface area (Å²) in [5.74, 6) is 1.19. The normalized spacial score (nSPS) is 28.2. The number of hydrogen-bond donors (Lipinski definition) is 1. The fourth-order valence-electron chi connectivity index (χ4n) is 5.16. The van der Waals surface area contributed by atoms with E-state index in [1.807, 2.05) is 18.2 Å². The summed E-state index contributed by atoms with van der Waals surface area (Å²) in [4.78, 5) is 2.53. The van der Waals surface area contributed by atoms with Gasteiger partial charge in [-0.05, 0) is 30.9 Å². The number of aliphatic hydroxyl groups is 1. The van der Waals surface area contributed by atoms with Crippen LogP contribution in [-0.4, -0.2) is 35.8 Å². The first kappa shape index (κ1) is 19.2. The van der Waals surface area contributed by atoms with Crippen molar-refractivity contribution >= 4 is 6.08 Å². The number of fused-ring (bicyclic) bond motifs is 1. The molecule has 2 aromatic rings. The first-order chi connectivity index (χ1) is 13.7. The van der Waals surface area contributed by atoms with Crippen molar-refractivity contribution in [1.29, 1.82) is 0 Å². The molecule has 0 unspecified atom stereocenters. The van der Waals surface area contributed by atoms with Crippen LogP contribution in [0.3, 0.4) is 0 Å². The molecule has 28 heavy (non-hydrogen) atoms. The van der Waals surface area contributed by atoms with Crippen molar-refractivity contribution in [3.8, 4) is 5.75 Å². The van der Waals surface area contributed by atoms with E-state index < -0.39 is 5.60 Å². The van der Waals surface area contributed by atoms with Gasteiger partial charge >= 0.3 is 0 Å². The molecule has 1 aliphatic heterocycles. The molecule has 1 saturated heterocycles. The van der Waals surface area contributed by atoms with Gasteiger partial charge < -0.3 is 9.84 Å². The van der Waals surface area contributed by atoms with Gasteiger partial charge in [-0.2, -0.15) is 0 Å². The van der Waals surface area contributed by atoms with Gasteiger partial charge in [0.25, 0.3) is 0 Å². The van der Waals surface area contributed by atoms with E-state index in [0.717, 1.165) is 44.5 Å². The summed E-state index contributed by atoms with van der Waals surface area (Å²) in [6, 6.07) is 19.0. The lowest BCUT2D eigenvalue weighted by Gasteiger charge is -2.52. The second kappa shape index (κ2) is 8.50. The molecule has 0 bridgehead atoms. The minimum atomic E-state index is -0.538. The van der Waals surface area contributed by atoms with Crippen molar-refractivity contribution in [1.82, 2.24) is 4.90 Å². The quantitative estimate of drug-likeness (QED) is 0.789. The third-order valence-corrected chi connectivity index (χ3v) is 6.58. The molecule has 1 saturated carbocycles. The highest BCUT2D eigenvalue weighted by molar-refractivity contribution is 5.49. The average molecular weight is 378 g/mol. The smallest absolute Gasteiger partial charge is 0.123 e. The number of nitrogens with zero attached hydrogens (tertiary/aromatic N) is 1. The Morgan fingerprint density at radius 2 is 1.86 bits per heavy atom. The maximum Gasteiger partial charge on any atom is 0.123 e. The van der Waals surface area contributed by atoms with Crippen LogP contribution in [0, 0.1) is 5.92 Å². The van der Waals surface area contributed by atoms with Crippen molar-refractivity contribution < 1.29 is 9.84 Å². The highest BCUT2D eigenvalue weighted by Gasteiger charge is 2.49. The van der Waals surface area contributed by atoms with E-state index in [1.165, 1.54) is 17.5 Å². The molecular formula is C25H31NO2. The van der Waals surface area contributed by atoms with Crippen LogP contribution in [0.4, 0.5) is 0 Å². The first-order valence-corrected chi connectivity index (χ1v) is 10.5. The molecule has 2 aromatic carbocycles. The molecule has 0 radical (unpaired) electrons. The Bertz CT molecular complexity index is 803. The summed E-state index contributed by atoms with van der Waals surface area (Å²) >= 11 is 0. The largest absolute Gasteiger partial charge is 0.496 e. The van der Waals surface area contributed by atoms with Crippen molar-refractivity contribution in [3.05, 3.63) is 71.8 Å². The minimum Gasteiger partial charge on any atom is -0.496 e. The molecule has 2 aliphatic rings. The summed E-state index contributed by atoms with van der Waals surface area (Å²) in [5.41, 5.74) is 1.90. The summed E-state index contributed by atoms with van der Waals surface area (Å²) in [5, 5.41) is 11.4. The SMILES string of the molecule is COc1ccccc1[C@H]1[C@@H]2CCCC[C@]2(O)CCN1CC=Cc1ccccc1. The van der Waals surface area contributed by atoms with Crippen LogP contribution in [-0.2, 0) is 0 Å². The maximum absolute atomic E-state index is 11.4. The lowest BCUT2D eigenvalue weighted by atomic mass is 9.66. The molecule has 1 N–H and O–H groups in total. The second-order valence-electron chi connectivity index (χ2n) is 8.20. The van der Waals surface area contributed by atoms with Gasteiger partial charge in [0.05, 0.1) is 12.7 Å². The standard InChI is InChI=1S/C25H31NO2/c1-28-23-15-6-5-13-21(23)24-22-14-7-8-16-25(22,27)17-19-26(24)18-9-12-20-10-3-2-4-11-20/h2-6,9-13,15,22,24,27H,7-8,14,16-19H2,1H3/t22-,24-,25-/m0/s1. The van der Waals surface area contributed by atoms with Crippen LogP contribution in [0.15, 0.2) is 60.7 Å². The number of methoxy groups -OCH3 is 1. The number of likely N-dealkylation sites (tertiary alicyclic amines) is 1. The number of rotatable bonds is 5. The molecule has 1 aliphatic carbocycles. The van der Waals surface area contributed by atoms with Crippen molar-refractivity contribution in [2.75, 3.05) is 20.2 Å². The van der Waals surface area contributed by atoms with Crippen LogP contribution >= 0.6 is 0 Å². The topological polar surface area (TPSA) is 32.7 Å². The van der Waals surface area contributed by atoms with Gasteiger partial charge in [0.15, 0.2) is 0 Å². The zero-order valence-corrected chi connectivity index (χ0v) is 16.8. The lowest BCUT2D eigenvalue weighted by molar-refractivity contribution is -0.122. The molecular weight excluding hydrogens is 346 g/mol. The van der Waals surface area contributed by atoms with Gasteiger partial charge in [-0.3, -0.25) is 4.90 Å². The van der Waals surface area contributed by atoms with Gasteiger partial charge in [-0.25, -0.2) is 0 Å². The van der Waals surface area contributed by atoms with Crippen LogP contribution in [0.5, 0.6) is 5.75 Å². The van der Waals surface area contributed by atoms with Gasteiger partial charge in [0.2, 0.25) is 0 Å². The molecule has 0 amide bonds. The minimum absolute atomic E-state index is 0.190. The molecule has 3 nitrogen and oxygen atoms in total. The van der Waals surface area contributed by atoms with Gasteiger partial charge in [0, 0.05) is 30.6 Å². The third-order valence-electron chi connectivity index (χ3n) is 6.58. The maximum atomic E-state index is 11.4. The Kier molecular flexibility index (Phi) is 5.84. The number of ether oxygens (including phenoxy) is 1. The van der Waals surface area contributed by atoms with Crippen molar-refractivity contribution in [2.45, 2.75) is 43.7 Å². The Morgan fingerprint density at radius 1 is 1.07 bits per heavy atom. The number of para-hydroxylation sites is 1. The van der Waals surface area contributed by atoms with E-state index >= 15 is 0 Å². The Hall–Kier alpha value is -2.10. The van der Waals surface area contributed by atoms with Crippen molar-refractivity contribution in [2.24, 2.45) is 5.92 Å². The molecule has 0 aromatic heterocycles. The molecule has 148 valence electrons.